The molecule has 1 heterocycles. The number of ether oxygens (including phenoxy) is 1. The minimum Gasteiger partial charge on any atom is -0.497 e. The molecule has 0 aliphatic rings. The van der Waals surface area contributed by atoms with Gasteiger partial charge in [-0.15, -0.1) is 10.2 Å². The Hall–Kier alpha value is -2.57. The molecule has 0 radical (unpaired) electrons. The number of aryl methyl sites for hydroxylation is 1. The van der Waals surface area contributed by atoms with Crippen LogP contribution in [0.4, 0.5) is 0 Å². The maximum Gasteiger partial charge on any atom is 0.191 e. The molecule has 0 spiro atoms. The van der Waals surface area contributed by atoms with E-state index in [4.69, 9.17) is 4.74 Å². The zero-order valence-corrected chi connectivity index (χ0v) is 16.6. The fourth-order valence-electron chi connectivity index (χ4n) is 2.53. The molecule has 0 bridgehead atoms. The van der Waals surface area contributed by atoms with E-state index in [0.717, 1.165) is 36.4 Å². The lowest BCUT2D eigenvalue weighted by molar-refractivity contribution is 0.411. The van der Waals surface area contributed by atoms with E-state index in [1.807, 2.05) is 30.7 Å². The summed E-state index contributed by atoms with van der Waals surface area (Å²) >= 11 is 0. The van der Waals surface area contributed by atoms with Gasteiger partial charge in [-0.3, -0.25) is 0 Å². The van der Waals surface area contributed by atoms with Gasteiger partial charge in [0.05, 0.1) is 7.11 Å². The van der Waals surface area contributed by atoms with Gasteiger partial charge in [0.2, 0.25) is 0 Å². The Morgan fingerprint density at radius 1 is 1.27 bits per heavy atom. The van der Waals surface area contributed by atoms with Crippen molar-refractivity contribution in [3.05, 3.63) is 41.5 Å². The topological polar surface area (TPSA) is 76.4 Å². The fourth-order valence-corrected chi connectivity index (χ4v) is 2.53. The second-order valence-corrected chi connectivity index (χ2v) is 6.89. The molecule has 26 heavy (non-hydrogen) atoms. The molecule has 2 rings (SSSR count). The summed E-state index contributed by atoms with van der Waals surface area (Å²) in [5.74, 6) is 3.36. The van der Waals surface area contributed by atoms with Crippen molar-refractivity contribution in [3.8, 4) is 5.75 Å². The number of aromatic nitrogens is 3. The molecule has 2 aromatic rings. The molecular formula is C19H30N6O. The number of nitrogens with one attached hydrogen (secondary N) is 2. The number of nitrogens with zero attached hydrogens (tertiary/aromatic N) is 4. The molecule has 0 saturated carbocycles. The van der Waals surface area contributed by atoms with Crippen molar-refractivity contribution in [2.75, 3.05) is 20.2 Å². The van der Waals surface area contributed by atoms with Crippen LogP contribution in [0.25, 0.3) is 0 Å². The van der Waals surface area contributed by atoms with Crippen molar-refractivity contribution >= 4 is 5.96 Å². The molecule has 0 fully saturated rings. The summed E-state index contributed by atoms with van der Waals surface area (Å²) in [7, 11) is 3.64. The lowest BCUT2D eigenvalue weighted by atomic mass is 9.84. The second kappa shape index (κ2) is 8.69. The van der Waals surface area contributed by atoms with Crippen molar-refractivity contribution in [2.24, 2.45) is 12.0 Å². The van der Waals surface area contributed by atoms with Crippen molar-refractivity contribution < 1.29 is 4.74 Å². The van der Waals surface area contributed by atoms with E-state index in [1.54, 1.807) is 7.11 Å². The van der Waals surface area contributed by atoms with E-state index < -0.39 is 0 Å². The summed E-state index contributed by atoms with van der Waals surface area (Å²) in [6, 6.07) is 8.18. The Morgan fingerprint density at radius 3 is 2.65 bits per heavy atom. The van der Waals surface area contributed by atoms with Crippen LogP contribution < -0.4 is 15.4 Å². The van der Waals surface area contributed by atoms with Crippen molar-refractivity contribution in [1.29, 1.82) is 0 Å². The smallest absolute Gasteiger partial charge is 0.191 e. The van der Waals surface area contributed by atoms with Crippen LogP contribution in [-0.2, 0) is 19.0 Å². The Kier molecular flexibility index (Phi) is 6.60. The highest BCUT2D eigenvalue weighted by Crippen LogP contribution is 2.25. The van der Waals surface area contributed by atoms with Gasteiger partial charge in [0, 0.05) is 25.6 Å². The summed E-state index contributed by atoms with van der Waals surface area (Å²) in [6.45, 7) is 10.4. The Labute approximate surface area is 155 Å². The summed E-state index contributed by atoms with van der Waals surface area (Å²) in [5, 5.41) is 14.9. The third kappa shape index (κ3) is 4.97. The van der Waals surface area contributed by atoms with Gasteiger partial charge in [0.1, 0.15) is 18.1 Å². The maximum absolute atomic E-state index is 5.34. The van der Waals surface area contributed by atoms with Gasteiger partial charge in [0.25, 0.3) is 0 Å². The Balaban J connectivity index is 2.06. The number of methoxy groups -OCH3 is 1. The fraction of sp³-hybridized carbons (Fsp3) is 0.526. The zero-order chi connectivity index (χ0) is 19.2. The number of rotatable bonds is 7. The standard InChI is InChI=1S/C19H30N6O/c1-7-20-18(21-12-17-24-23-14(2)25(17)5)22-13-19(3,4)15-9-8-10-16(11-15)26-6/h8-11H,7,12-13H2,1-6H3,(H2,20,21,22). The van der Waals surface area contributed by atoms with Crippen LogP contribution in [0.5, 0.6) is 5.75 Å². The monoisotopic (exact) mass is 358 g/mol. The van der Waals surface area contributed by atoms with Crippen molar-refractivity contribution in [2.45, 2.75) is 39.7 Å². The molecule has 0 saturated heterocycles. The highest BCUT2D eigenvalue weighted by molar-refractivity contribution is 5.79. The van der Waals surface area contributed by atoms with Crippen molar-refractivity contribution in [1.82, 2.24) is 25.4 Å². The normalized spacial score (nSPS) is 12.2. The molecule has 1 aromatic heterocycles. The predicted molar refractivity (Wildman–Crippen MR) is 105 cm³/mol. The molecule has 7 heteroatoms. The lowest BCUT2D eigenvalue weighted by Gasteiger charge is -2.27. The van der Waals surface area contributed by atoms with E-state index >= 15 is 0 Å². The molecule has 7 nitrogen and oxygen atoms in total. The number of aliphatic imine (C=N–C) groups is 1. The minimum absolute atomic E-state index is 0.0773. The minimum atomic E-state index is -0.0773. The van der Waals surface area contributed by atoms with Crippen LogP contribution in [0.1, 0.15) is 38.0 Å². The van der Waals surface area contributed by atoms with Crippen LogP contribution in [0.2, 0.25) is 0 Å². The number of benzene rings is 1. The average molecular weight is 358 g/mol. The first kappa shape index (κ1) is 19.8. The van der Waals surface area contributed by atoms with E-state index in [-0.39, 0.29) is 5.41 Å². The SMILES string of the molecule is CCNC(=NCc1nnc(C)n1C)NCC(C)(C)c1cccc(OC)c1. The molecular weight excluding hydrogens is 328 g/mol. The van der Waals surface area contributed by atoms with Gasteiger partial charge < -0.3 is 19.9 Å². The first-order valence-electron chi connectivity index (χ1n) is 8.89. The number of guanidine groups is 1. The summed E-state index contributed by atoms with van der Waals surface area (Å²) in [4.78, 5) is 4.63. The molecule has 0 unspecified atom stereocenters. The van der Waals surface area contributed by atoms with Gasteiger partial charge in [-0.1, -0.05) is 26.0 Å². The molecule has 0 aliphatic carbocycles. The summed E-state index contributed by atoms with van der Waals surface area (Å²) in [6.07, 6.45) is 0. The molecule has 0 atom stereocenters. The van der Waals surface area contributed by atoms with Gasteiger partial charge in [0.15, 0.2) is 11.8 Å². The third-order valence-electron chi connectivity index (χ3n) is 4.45. The molecule has 0 aliphatic heterocycles. The maximum atomic E-state index is 5.34. The lowest BCUT2D eigenvalue weighted by Crippen LogP contribution is -2.43. The molecule has 2 N–H and O–H groups in total. The van der Waals surface area contributed by atoms with Gasteiger partial charge in [-0.05, 0) is 31.5 Å². The van der Waals surface area contributed by atoms with Gasteiger partial charge in [-0.2, -0.15) is 0 Å². The van der Waals surface area contributed by atoms with E-state index in [2.05, 4.69) is 58.7 Å². The van der Waals surface area contributed by atoms with Gasteiger partial charge in [-0.25, -0.2) is 4.99 Å². The molecule has 142 valence electrons. The van der Waals surface area contributed by atoms with E-state index in [1.165, 1.54) is 5.56 Å². The van der Waals surface area contributed by atoms with E-state index in [0.29, 0.717) is 6.54 Å². The Morgan fingerprint density at radius 2 is 2.04 bits per heavy atom. The van der Waals surface area contributed by atoms with Crippen LogP contribution in [0, 0.1) is 6.92 Å². The second-order valence-electron chi connectivity index (χ2n) is 6.89. The number of hydrogen-bond acceptors (Lipinski definition) is 4. The summed E-state index contributed by atoms with van der Waals surface area (Å²) in [5.41, 5.74) is 1.13. The Bertz CT molecular complexity index is 750. The van der Waals surface area contributed by atoms with E-state index in [9.17, 15) is 0 Å². The predicted octanol–water partition coefficient (Wildman–Crippen LogP) is 2.17. The quantitative estimate of drug-likeness (QED) is 0.586. The van der Waals surface area contributed by atoms with Crippen LogP contribution in [-0.4, -0.2) is 40.9 Å². The third-order valence-corrected chi connectivity index (χ3v) is 4.45. The largest absolute Gasteiger partial charge is 0.497 e. The zero-order valence-electron chi connectivity index (χ0n) is 16.6. The van der Waals surface area contributed by atoms with Gasteiger partial charge >= 0.3 is 0 Å². The first-order chi connectivity index (χ1) is 12.4. The first-order valence-corrected chi connectivity index (χ1v) is 8.89. The molecule has 1 aromatic carbocycles. The highest BCUT2D eigenvalue weighted by Gasteiger charge is 2.21. The number of hydrogen-bond donors (Lipinski definition) is 2. The van der Waals surface area contributed by atoms with Crippen LogP contribution in [0.15, 0.2) is 29.3 Å². The average Bonchev–Trinajstić information content (AvgIpc) is 2.96. The van der Waals surface area contributed by atoms with Crippen LogP contribution in [0.3, 0.4) is 0 Å². The van der Waals surface area contributed by atoms with Crippen molar-refractivity contribution in [3.63, 3.8) is 0 Å². The highest BCUT2D eigenvalue weighted by atomic mass is 16.5. The summed E-state index contributed by atoms with van der Waals surface area (Å²) < 4.78 is 7.29. The molecule has 0 amide bonds. The van der Waals surface area contributed by atoms with Crippen LogP contribution >= 0.6 is 0 Å².